The molecule has 21 heavy (non-hydrogen) atoms. The Morgan fingerprint density at radius 1 is 1.38 bits per heavy atom. The average Bonchev–Trinajstić information content (AvgIpc) is 2.83. The van der Waals surface area contributed by atoms with Gasteiger partial charge in [-0.3, -0.25) is 0 Å². The first-order chi connectivity index (χ1) is 10.1. The van der Waals surface area contributed by atoms with Crippen LogP contribution in [0.5, 0.6) is 5.75 Å². The van der Waals surface area contributed by atoms with Crippen LogP contribution in [-0.4, -0.2) is 21.3 Å². The van der Waals surface area contributed by atoms with E-state index in [4.69, 9.17) is 4.74 Å². The number of hydrogen-bond acceptors (Lipinski definition) is 4. The molecule has 0 saturated heterocycles. The van der Waals surface area contributed by atoms with Gasteiger partial charge < -0.3 is 14.6 Å². The molecule has 0 radical (unpaired) electrons. The monoisotopic (exact) mass is 352 g/mol. The molecule has 0 aliphatic rings. The maximum Gasteiger partial charge on any atom is 0.170 e. The zero-order valence-electron chi connectivity index (χ0n) is 12.7. The van der Waals surface area contributed by atoms with Gasteiger partial charge >= 0.3 is 0 Å². The summed E-state index contributed by atoms with van der Waals surface area (Å²) in [6.07, 6.45) is 2.79. The number of ether oxygens (including phenoxy) is 1. The Kier molecular flexibility index (Phi) is 5.76. The van der Waals surface area contributed by atoms with E-state index >= 15 is 0 Å². The molecule has 1 aromatic heterocycles. The summed E-state index contributed by atoms with van der Waals surface area (Å²) < 4.78 is 8.93. The lowest BCUT2D eigenvalue weighted by atomic mass is 10.1. The van der Waals surface area contributed by atoms with E-state index in [1.807, 2.05) is 11.6 Å². The summed E-state index contributed by atoms with van der Waals surface area (Å²) in [5, 5.41) is 11.3. The average molecular weight is 353 g/mol. The van der Waals surface area contributed by atoms with Crippen molar-refractivity contribution in [1.82, 2.24) is 20.1 Å². The molecule has 0 bridgehead atoms. The van der Waals surface area contributed by atoms with Gasteiger partial charge in [-0.15, -0.1) is 10.2 Å². The predicted molar refractivity (Wildman–Crippen MR) is 86.2 cm³/mol. The number of halogens is 1. The molecule has 5 nitrogen and oxygen atoms in total. The van der Waals surface area contributed by atoms with Gasteiger partial charge in [-0.2, -0.15) is 0 Å². The first-order valence-electron chi connectivity index (χ1n) is 7.07. The predicted octanol–water partition coefficient (Wildman–Crippen LogP) is 2.96. The molecular weight excluding hydrogens is 332 g/mol. The van der Waals surface area contributed by atoms with Crippen LogP contribution in [0.2, 0.25) is 0 Å². The summed E-state index contributed by atoms with van der Waals surface area (Å²) in [6.45, 7) is 6.42. The highest BCUT2D eigenvalue weighted by Gasteiger charge is 2.11. The van der Waals surface area contributed by atoms with Gasteiger partial charge in [0.05, 0.1) is 0 Å². The van der Waals surface area contributed by atoms with Crippen molar-refractivity contribution in [2.24, 2.45) is 7.05 Å². The van der Waals surface area contributed by atoms with Crippen molar-refractivity contribution in [1.29, 1.82) is 0 Å². The minimum Gasteiger partial charge on any atom is -0.485 e. The van der Waals surface area contributed by atoms with E-state index < -0.39 is 0 Å². The third-order valence-corrected chi connectivity index (χ3v) is 3.67. The van der Waals surface area contributed by atoms with E-state index in [1.165, 1.54) is 0 Å². The zero-order valence-corrected chi connectivity index (χ0v) is 14.3. The Morgan fingerprint density at radius 3 is 2.86 bits per heavy atom. The summed E-state index contributed by atoms with van der Waals surface area (Å²) in [7, 11) is 1.91. The second-order valence-corrected chi connectivity index (χ2v) is 5.95. The first-order valence-corrected chi connectivity index (χ1v) is 7.86. The summed E-state index contributed by atoms with van der Waals surface area (Å²) in [5.41, 5.74) is 2.26. The van der Waals surface area contributed by atoms with Crippen molar-refractivity contribution >= 4 is 15.9 Å². The van der Waals surface area contributed by atoms with E-state index in [1.54, 1.807) is 6.33 Å². The van der Waals surface area contributed by atoms with Gasteiger partial charge in [0, 0.05) is 23.6 Å². The van der Waals surface area contributed by atoms with Crippen LogP contribution in [-0.2, 0) is 20.2 Å². The number of aromatic nitrogens is 3. The molecule has 114 valence electrons. The number of rotatable bonds is 7. The highest BCUT2D eigenvalue weighted by Crippen LogP contribution is 2.28. The second kappa shape index (κ2) is 7.56. The molecule has 2 rings (SSSR count). The SMILES string of the molecule is CCCNCc1cc(Br)cc(C)c1OCc1nncn1C. The van der Waals surface area contributed by atoms with E-state index in [2.05, 4.69) is 57.4 Å². The van der Waals surface area contributed by atoms with E-state index in [0.717, 1.165) is 46.7 Å². The Bertz CT molecular complexity index is 597. The van der Waals surface area contributed by atoms with Gasteiger partial charge in [0.15, 0.2) is 5.82 Å². The Labute approximate surface area is 133 Å². The third-order valence-electron chi connectivity index (χ3n) is 3.21. The van der Waals surface area contributed by atoms with Gasteiger partial charge in [-0.25, -0.2) is 0 Å². The molecule has 0 saturated carbocycles. The summed E-state index contributed by atoms with van der Waals surface area (Å²) in [5.74, 6) is 1.73. The van der Waals surface area contributed by atoms with Gasteiger partial charge in [0.2, 0.25) is 0 Å². The van der Waals surface area contributed by atoms with E-state index in [9.17, 15) is 0 Å². The highest BCUT2D eigenvalue weighted by atomic mass is 79.9. The molecule has 0 atom stereocenters. The standard InChI is InChI=1S/C15H21BrN4O/c1-4-5-17-8-12-7-13(16)6-11(2)15(12)21-9-14-19-18-10-20(14)3/h6-7,10,17H,4-5,8-9H2,1-3H3. The molecular formula is C15H21BrN4O. The normalized spacial score (nSPS) is 10.9. The maximum atomic E-state index is 5.99. The van der Waals surface area contributed by atoms with Gasteiger partial charge in [0.1, 0.15) is 18.7 Å². The Morgan fingerprint density at radius 2 is 2.19 bits per heavy atom. The minimum atomic E-state index is 0.416. The van der Waals surface area contributed by atoms with Crippen LogP contribution < -0.4 is 10.1 Å². The first kappa shape index (κ1) is 16.0. The number of benzene rings is 1. The quantitative estimate of drug-likeness (QED) is 0.778. The molecule has 0 spiro atoms. The molecule has 1 aromatic carbocycles. The van der Waals surface area contributed by atoms with Crippen LogP contribution in [0.3, 0.4) is 0 Å². The molecule has 0 unspecified atom stereocenters. The summed E-state index contributed by atoms with van der Waals surface area (Å²) in [6, 6.07) is 4.16. The number of nitrogens with zero attached hydrogens (tertiary/aromatic N) is 3. The Hall–Kier alpha value is -1.40. The van der Waals surface area contributed by atoms with Crippen molar-refractivity contribution in [3.05, 3.63) is 39.9 Å². The minimum absolute atomic E-state index is 0.416. The van der Waals surface area contributed by atoms with Crippen molar-refractivity contribution in [2.75, 3.05) is 6.54 Å². The van der Waals surface area contributed by atoms with Crippen molar-refractivity contribution in [3.63, 3.8) is 0 Å². The molecule has 2 aromatic rings. The van der Waals surface area contributed by atoms with Crippen LogP contribution in [0.15, 0.2) is 22.9 Å². The van der Waals surface area contributed by atoms with Crippen molar-refractivity contribution in [2.45, 2.75) is 33.4 Å². The Balaban J connectivity index is 2.14. The molecule has 6 heteroatoms. The molecule has 0 aliphatic carbocycles. The molecule has 1 heterocycles. The molecule has 0 fully saturated rings. The van der Waals surface area contributed by atoms with Crippen LogP contribution in [0.4, 0.5) is 0 Å². The maximum absolute atomic E-state index is 5.99. The van der Waals surface area contributed by atoms with Crippen molar-refractivity contribution in [3.8, 4) is 5.75 Å². The number of nitrogens with one attached hydrogen (secondary N) is 1. The van der Waals surface area contributed by atoms with Crippen LogP contribution in [0.1, 0.15) is 30.3 Å². The fourth-order valence-electron chi connectivity index (χ4n) is 2.11. The number of aryl methyl sites for hydroxylation is 2. The van der Waals surface area contributed by atoms with Gasteiger partial charge in [-0.1, -0.05) is 22.9 Å². The van der Waals surface area contributed by atoms with Crippen molar-refractivity contribution < 1.29 is 4.74 Å². The largest absolute Gasteiger partial charge is 0.485 e. The summed E-state index contributed by atoms with van der Waals surface area (Å²) >= 11 is 3.55. The third kappa shape index (κ3) is 4.28. The lowest BCUT2D eigenvalue weighted by Gasteiger charge is -2.15. The van der Waals surface area contributed by atoms with Crippen LogP contribution in [0.25, 0.3) is 0 Å². The lowest BCUT2D eigenvalue weighted by Crippen LogP contribution is -2.15. The zero-order chi connectivity index (χ0) is 15.2. The fourth-order valence-corrected chi connectivity index (χ4v) is 2.73. The topological polar surface area (TPSA) is 52.0 Å². The molecule has 0 amide bonds. The van der Waals surface area contributed by atoms with Crippen LogP contribution >= 0.6 is 15.9 Å². The summed E-state index contributed by atoms with van der Waals surface area (Å²) in [4.78, 5) is 0. The van der Waals surface area contributed by atoms with Gasteiger partial charge in [-0.05, 0) is 37.6 Å². The molecule has 0 aliphatic heterocycles. The second-order valence-electron chi connectivity index (χ2n) is 5.03. The highest BCUT2D eigenvalue weighted by molar-refractivity contribution is 9.10. The lowest BCUT2D eigenvalue weighted by molar-refractivity contribution is 0.285. The molecule has 1 N–H and O–H groups in total. The van der Waals surface area contributed by atoms with Gasteiger partial charge in [0.25, 0.3) is 0 Å². The fraction of sp³-hybridized carbons (Fsp3) is 0.467. The smallest absolute Gasteiger partial charge is 0.170 e. The van der Waals surface area contributed by atoms with E-state index in [0.29, 0.717) is 6.61 Å². The van der Waals surface area contributed by atoms with E-state index in [-0.39, 0.29) is 0 Å². The van der Waals surface area contributed by atoms with Crippen LogP contribution in [0, 0.1) is 6.92 Å². The number of hydrogen-bond donors (Lipinski definition) is 1.